The van der Waals surface area contributed by atoms with Crippen molar-refractivity contribution in [3.8, 4) is 11.5 Å². The van der Waals surface area contributed by atoms with Gasteiger partial charge in [-0.1, -0.05) is 20.8 Å². The summed E-state index contributed by atoms with van der Waals surface area (Å²) in [5.41, 5.74) is 1.24. The van der Waals surface area contributed by atoms with Crippen LogP contribution in [0.1, 0.15) is 51.6 Å². The lowest BCUT2D eigenvalue weighted by molar-refractivity contribution is 0.185. The van der Waals surface area contributed by atoms with Crippen LogP contribution in [-0.4, -0.2) is 19.3 Å². The van der Waals surface area contributed by atoms with E-state index in [1.807, 2.05) is 12.1 Å². The molecule has 1 heterocycles. The highest BCUT2D eigenvalue weighted by atomic mass is 16.5. The summed E-state index contributed by atoms with van der Waals surface area (Å²) in [6.07, 6.45) is 3.42. The van der Waals surface area contributed by atoms with Gasteiger partial charge >= 0.3 is 0 Å². The van der Waals surface area contributed by atoms with Crippen molar-refractivity contribution in [3.05, 3.63) is 23.8 Å². The Morgan fingerprint density at radius 3 is 2.74 bits per heavy atom. The molecular weight excluding hydrogens is 238 g/mol. The fourth-order valence-corrected chi connectivity index (χ4v) is 2.48. The zero-order valence-electron chi connectivity index (χ0n) is 12.2. The van der Waals surface area contributed by atoms with Crippen LogP contribution < -0.4 is 14.8 Å². The zero-order chi connectivity index (χ0) is 13.7. The summed E-state index contributed by atoms with van der Waals surface area (Å²) < 4.78 is 11.7. The van der Waals surface area contributed by atoms with E-state index in [1.165, 1.54) is 5.56 Å². The van der Waals surface area contributed by atoms with E-state index in [-0.39, 0.29) is 6.10 Å². The van der Waals surface area contributed by atoms with E-state index in [9.17, 15) is 0 Å². The van der Waals surface area contributed by atoms with Crippen molar-refractivity contribution < 1.29 is 9.47 Å². The van der Waals surface area contributed by atoms with E-state index in [0.29, 0.717) is 6.04 Å². The summed E-state index contributed by atoms with van der Waals surface area (Å²) >= 11 is 0. The number of nitrogens with one attached hydrogen (secondary N) is 1. The van der Waals surface area contributed by atoms with Crippen molar-refractivity contribution in [2.24, 2.45) is 0 Å². The molecule has 0 spiro atoms. The molecule has 0 saturated carbocycles. The highest BCUT2D eigenvalue weighted by Gasteiger charge is 2.32. The predicted octanol–water partition coefficient (Wildman–Crippen LogP) is 3.69. The van der Waals surface area contributed by atoms with E-state index in [1.54, 1.807) is 0 Å². The maximum absolute atomic E-state index is 6.01. The molecule has 0 aliphatic carbocycles. The van der Waals surface area contributed by atoms with Crippen molar-refractivity contribution >= 4 is 0 Å². The lowest BCUT2D eigenvalue weighted by atomic mass is 10.0. The van der Waals surface area contributed by atoms with E-state index >= 15 is 0 Å². The van der Waals surface area contributed by atoms with Gasteiger partial charge in [-0.05, 0) is 44.0 Å². The topological polar surface area (TPSA) is 30.5 Å². The Bertz CT molecular complexity index is 406. The maximum Gasteiger partial charge on any atom is 0.125 e. The highest BCUT2D eigenvalue weighted by Crippen LogP contribution is 2.39. The van der Waals surface area contributed by atoms with Crippen LogP contribution >= 0.6 is 0 Å². The largest absolute Gasteiger partial charge is 0.494 e. The summed E-state index contributed by atoms with van der Waals surface area (Å²) in [5.74, 6) is 1.95. The minimum Gasteiger partial charge on any atom is -0.494 e. The van der Waals surface area contributed by atoms with Gasteiger partial charge in [-0.3, -0.25) is 0 Å². The summed E-state index contributed by atoms with van der Waals surface area (Å²) in [4.78, 5) is 0. The predicted molar refractivity (Wildman–Crippen MR) is 78.0 cm³/mol. The number of fused-ring (bicyclic) bond motifs is 1. The Labute approximate surface area is 116 Å². The van der Waals surface area contributed by atoms with Crippen LogP contribution in [-0.2, 0) is 0 Å². The summed E-state index contributed by atoms with van der Waals surface area (Å²) in [5, 5.41) is 3.59. The standard InChI is InChI=1S/C16H25NO2/c1-4-9-17-16-13-11-12(18-10-5-2)7-8-15(13)19-14(16)6-3/h7-8,11,14,16-17H,4-6,9-10H2,1-3H3. The quantitative estimate of drug-likeness (QED) is 0.814. The van der Waals surface area contributed by atoms with Crippen LogP contribution in [0.25, 0.3) is 0 Å². The van der Waals surface area contributed by atoms with Crippen molar-refractivity contribution in [2.45, 2.75) is 52.2 Å². The third-order valence-corrected chi connectivity index (χ3v) is 3.46. The fraction of sp³-hybridized carbons (Fsp3) is 0.625. The third kappa shape index (κ3) is 3.21. The molecule has 1 aliphatic heterocycles. The Morgan fingerprint density at radius 1 is 1.21 bits per heavy atom. The number of benzene rings is 1. The SMILES string of the molecule is CCCNC1c2cc(OCCC)ccc2OC1CC. The second-order valence-electron chi connectivity index (χ2n) is 5.04. The number of ether oxygens (including phenoxy) is 2. The van der Waals surface area contributed by atoms with Crippen LogP contribution in [0.4, 0.5) is 0 Å². The second kappa shape index (κ2) is 6.80. The van der Waals surface area contributed by atoms with Crippen LogP contribution in [0.15, 0.2) is 18.2 Å². The van der Waals surface area contributed by atoms with Crippen LogP contribution in [0.2, 0.25) is 0 Å². The van der Waals surface area contributed by atoms with Crippen LogP contribution in [0.5, 0.6) is 11.5 Å². The van der Waals surface area contributed by atoms with E-state index in [4.69, 9.17) is 9.47 Å². The Morgan fingerprint density at radius 2 is 2.05 bits per heavy atom. The first-order valence-electron chi connectivity index (χ1n) is 7.46. The molecule has 0 amide bonds. The fourth-order valence-electron chi connectivity index (χ4n) is 2.48. The van der Waals surface area contributed by atoms with Gasteiger partial charge in [0.2, 0.25) is 0 Å². The monoisotopic (exact) mass is 263 g/mol. The first-order valence-corrected chi connectivity index (χ1v) is 7.46. The van der Waals surface area contributed by atoms with Crippen molar-refractivity contribution in [1.82, 2.24) is 5.32 Å². The molecular formula is C16H25NO2. The van der Waals surface area contributed by atoms with Gasteiger partial charge in [0, 0.05) is 5.56 Å². The third-order valence-electron chi connectivity index (χ3n) is 3.46. The Balaban J connectivity index is 2.16. The molecule has 2 rings (SSSR count). The Kier molecular flexibility index (Phi) is 5.08. The summed E-state index contributed by atoms with van der Waals surface area (Å²) in [6, 6.07) is 6.47. The molecule has 1 N–H and O–H groups in total. The molecule has 0 saturated heterocycles. The minimum absolute atomic E-state index is 0.239. The van der Waals surface area contributed by atoms with E-state index in [0.717, 1.165) is 43.9 Å². The van der Waals surface area contributed by atoms with Crippen LogP contribution in [0, 0.1) is 0 Å². The van der Waals surface area contributed by atoms with Gasteiger partial charge in [-0.25, -0.2) is 0 Å². The highest BCUT2D eigenvalue weighted by molar-refractivity contribution is 5.45. The van der Waals surface area contributed by atoms with Gasteiger partial charge in [0.25, 0.3) is 0 Å². The molecule has 0 fully saturated rings. The van der Waals surface area contributed by atoms with Crippen molar-refractivity contribution in [2.75, 3.05) is 13.2 Å². The minimum atomic E-state index is 0.239. The average Bonchev–Trinajstić information content (AvgIpc) is 2.79. The molecule has 0 aromatic heterocycles. The van der Waals surface area contributed by atoms with Crippen molar-refractivity contribution in [3.63, 3.8) is 0 Å². The lowest BCUT2D eigenvalue weighted by Gasteiger charge is -2.18. The van der Waals surface area contributed by atoms with Gasteiger partial charge in [0.15, 0.2) is 0 Å². The number of hydrogen-bond donors (Lipinski definition) is 1. The molecule has 3 heteroatoms. The Hall–Kier alpha value is -1.22. The average molecular weight is 263 g/mol. The molecule has 2 unspecified atom stereocenters. The van der Waals surface area contributed by atoms with Crippen LogP contribution in [0.3, 0.4) is 0 Å². The first-order chi connectivity index (χ1) is 9.30. The smallest absolute Gasteiger partial charge is 0.125 e. The molecule has 1 aromatic carbocycles. The van der Waals surface area contributed by atoms with Gasteiger partial charge < -0.3 is 14.8 Å². The molecule has 1 aromatic rings. The second-order valence-corrected chi connectivity index (χ2v) is 5.04. The summed E-state index contributed by atoms with van der Waals surface area (Å²) in [7, 11) is 0. The number of hydrogen-bond acceptors (Lipinski definition) is 3. The molecule has 106 valence electrons. The zero-order valence-corrected chi connectivity index (χ0v) is 12.2. The number of rotatable bonds is 7. The van der Waals surface area contributed by atoms with E-state index < -0.39 is 0 Å². The molecule has 0 bridgehead atoms. The molecule has 1 aliphatic rings. The van der Waals surface area contributed by atoms with E-state index in [2.05, 4.69) is 32.2 Å². The molecule has 19 heavy (non-hydrogen) atoms. The molecule has 0 radical (unpaired) electrons. The van der Waals surface area contributed by atoms with Crippen molar-refractivity contribution in [1.29, 1.82) is 0 Å². The van der Waals surface area contributed by atoms with Gasteiger partial charge in [0.1, 0.15) is 17.6 Å². The molecule has 2 atom stereocenters. The van der Waals surface area contributed by atoms with Gasteiger partial charge in [-0.15, -0.1) is 0 Å². The maximum atomic E-state index is 6.01. The first kappa shape index (κ1) is 14.2. The van der Waals surface area contributed by atoms with Gasteiger partial charge in [0.05, 0.1) is 12.6 Å². The lowest BCUT2D eigenvalue weighted by Crippen LogP contribution is -2.31. The van der Waals surface area contributed by atoms with Gasteiger partial charge in [-0.2, -0.15) is 0 Å². The summed E-state index contributed by atoms with van der Waals surface area (Å²) in [6.45, 7) is 8.26. The molecule has 3 nitrogen and oxygen atoms in total. The normalized spacial score (nSPS) is 21.0.